The molecule has 9 nitrogen and oxygen atoms in total. The standard InChI is InChI=1S/C17H28N4O5/c1-3-5-7-11-20(12(22)8-9-13(23)24)14-15(18)21(10-6-4-2)17(26)19-16(14)25/h3-11,18H2,1-2H3,(H,23,24)(H,19,25,26)/p-1. The van der Waals surface area contributed by atoms with Crippen LogP contribution in [0.5, 0.6) is 0 Å². The molecule has 1 amide bonds. The molecule has 0 unspecified atom stereocenters. The molecule has 0 radical (unpaired) electrons. The Morgan fingerprint density at radius 3 is 2.35 bits per heavy atom. The Bertz CT molecular complexity index is 738. The minimum Gasteiger partial charge on any atom is -0.550 e. The van der Waals surface area contributed by atoms with Gasteiger partial charge in [0.25, 0.3) is 5.56 Å². The second kappa shape index (κ2) is 10.4. The first-order valence-electron chi connectivity index (χ1n) is 8.96. The number of aromatic nitrogens is 2. The number of nitrogens with two attached hydrogens (primary N) is 1. The van der Waals surface area contributed by atoms with Crippen LogP contribution in [-0.4, -0.2) is 28.0 Å². The summed E-state index contributed by atoms with van der Waals surface area (Å²) in [6, 6.07) is 0. The highest BCUT2D eigenvalue weighted by Crippen LogP contribution is 2.19. The van der Waals surface area contributed by atoms with Crippen LogP contribution in [0.2, 0.25) is 0 Å². The van der Waals surface area contributed by atoms with Crippen LogP contribution in [0.1, 0.15) is 58.8 Å². The lowest BCUT2D eigenvalue weighted by Crippen LogP contribution is -2.42. The van der Waals surface area contributed by atoms with Crippen molar-refractivity contribution < 1.29 is 14.7 Å². The Balaban J connectivity index is 3.30. The van der Waals surface area contributed by atoms with Crippen LogP contribution in [0.25, 0.3) is 0 Å². The number of carboxylic acid groups (broad SMARTS) is 1. The van der Waals surface area contributed by atoms with E-state index in [1.54, 1.807) is 0 Å². The molecular weight excluding hydrogens is 340 g/mol. The number of carboxylic acids is 1. The summed E-state index contributed by atoms with van der Waals surface area (Å²) in [6.45, 7) is 4.49. The lowest BCUT2D eigenvalue weighted by molar-refractivity contribution is -0.305. The molecule has 0 saturated heterocycles. The van der Waals surface area contributed by atoms with Gasteiger partial charge in [-0.3, -0.25) is 19.1 Å². The smallest absolute Gasteiger partial charge is 0.330 e. The van der Waals surface area contributed by atoms with Crippen molar-refractivity contribution in [3.8, 4) is 0 Å². The predicted octanol–water partition coefficient (Wildman–Crippen LogP) is -0.0278. The zero-order valence-corrected chi connectivity index (χ0v) is 15.4. The number of anilines is 2. The van der Waals surface area contributed by atoms with Crippen molar-refractivity contribution in [2.75, 3.05) is 17.2 Å². The van der Waals surface area contributed by atoms with Crippen molar-refractivity contribution in [2.24, 2.45) is 0 Å². The second-order valence-electron chi connectivity index (χ2n) is 6.12. The molecule has 0 saturated carbocycles. The van der Waals surface area contributed by atoms with Crippen LogP contribution >= 0.6 is 0 Å². The first kappa shape index (κ1) is 21.5. The van der Waals surface area contributed by atoms with Gasteiger partial charge < -0.3 is 20.5 Å². The van der Waals surface area contributed by atoms with Gasteiger partial charge in [-0.05, 0) is 19.3 Å². The minimum absolute atomic E-state index is 0.0782. The van der Waals surface area contributed by atoms with Crippen molar-refractivity contribution in [3.05, 3.63) is 20.8 Å². The van der Waals surface area contributed by atoms with E-state index in [2.05, 4.69) is 4.98 Å². The summed E-state index contributed by atoms with van der Waals surface area (Å²) in [5.74, 6) is -1.96. The highest BCUT2D eigenvalue weighted by molar-refractivity contribution is 5.96. The average Bonchev–Trinajstić information content (AvgIpc) is 2.58. The average molecular weight is 367 g/mol. The summed E-state index contributed by atoms with van der Waals surface area (Å²) in [5, 5.41) is 10.7. The first-order valence-corrected chi connectivity index (χ1v) is 8.96. The van der Waals surface area contributed by atoms with Gasteiger partial charge in [-0.1, -0.05) is 33.1 Å². The van der Waals surface area contributed by atoms with E-state index >= 15 is 0 Å². The molecule has 1 aromatic heterocycles. The molecule has 1 heterocycles. The largest absolute Gasteiger partial charge is 0.550 e. The van der Waals surface area contributed by atoms with Crippen LogP contribution in [0.4, 0.5) is 11.5 Å². The van der Waals surface area contributed by atoms with Crippen molar-refractivity contribution in [3.63, 3.8) is 0 Å². The molecule has 26 heavy (non-hydrogen) atoms. The predicted molar refractivity (Wildman–Crippen MR) is 96.8 cm³/mol. The maximum atomic E-state index is 12.5. The van der Waals surface area contributed by atoms with Crippen molar-refractivity contribution >= 4 is 23.4 Å². The number of hydrogen-bond donors (Lipinski definition) is 2. The van der Waals surface area contributed by atoms with Gasteiger partial charge in [-0.15, -0.1) is 0 Å². The van der Waals surface area contributed by atoms with Crippen LogP contribution < -0.4 is 27.0 Å². The number of unbranched alkanes of at least 4 members (excludes halogenated alkanes) is 3. The second-order valence-corrected chi connectivity index (χ2v) is 6.12. The zero-order chi connectivity index (χ0) is 19.7. The number of rotatable bonds is 11. The lowest BCUT2D eigenvalue weighted by Gasteiger charge is -2.24. The van der Waals surface area contributed by atoms with Crippen LogP contribution in [0.15, 0.2) is 9.59 Å². The molecular formula is C17H27N4O5-. The Morgan fingerprint density at radius 2 is 1.77 bits per heavy atom. The molecule has 146 valence electrons. The third kappa shape index (κ3) is 5.75. The third-order valence-electron chi connectivity index (χ3n) is 4.05. The van der Waals surface area contributed by atoms with Gasteiger partial charge in [0.15, 0.2) is 5.69 Å². The van der Waals surface area contributed by atoms with Crippen molar-refractivity contribution in [1.29, 1.82) is 0 Å². The highest BCUT2D eigenvalue weighted by Gasteiger charge is 2.23. The maximum absolute atomic E-state index is 12.5. The van der Waals surface area contributed by atoms with Gasteiger partial charge in [-0.25, -0.2) is 4.79 Å². The molecule has 0 atom stereocenters. The van der Waals surface area contributed by atoms with Gasteiger partial charge in [0.05, 0.1) is 0 Å². The Labute approximate surface area is 151 Å². The SMILES string of the molecule is CCCCCN(C(=O)CCC(=O)[O-])c1c(N)n(CCCC)c(=O)[nH]c1=O. The molecule has 0 bridgehead atoms. The van der Waals surface area contributed by atoms with E-state index in [4.69, 9.17) is 5.73 Å². The molecule has 0 aromatic carbocycles. The molecule has 0 fully saturated rings. The van der Waals surface area contributed by atoms with Gasteiger partial charge in [0.2, 0.25) is 5.91 Å². The zero-order valence-electron chi connectivity index (χ0n) is 15.4. The topological polar surface area (TPSA) is 141 Å². The number of nitrogens with one attached hydrogen (secondary N) is 1. The number of carbonyl (C=O) groups is 2. The van der Waals surface area contributed by atoms with Crippen LogP contribution in [0.3, 0.4) is 0 Å². The number of nitrogens with zero attached hydrogens (tertiary/aromatic N) is 2. The summed E-state index contributed by atoms with van der Waals surface area (Å²) in [6.07, 6.45) is 3.12. The third-order valence-corrected chi connectivity index (χ3v) is 4.05. The lowest BCUT2D eigenvalue weighted by atomic mass is 10.2. The summed E-state index contributed by atoms with van der Waals surface area (Å²) in [5.41, 5.74) is 4.57. The maximum Gasteiger partial charge on any atom is 0.330 e. The van der Waals surface area contributed by atoms with E-state index in [9.17, 15) is 24.3 Å². The van der Waals surface area contributed by atoms with E-state index in [1.807, 2.05) is 13.8 Å². The molecule has 3 N–H and O–H groups in total. The fourth-order valence-electron chi connectivity index (χ4n) is 2.60. The summed E-state index contributed by atoms with van der Waals surface area (Å²) < 4.78 is 1.24. The van der Waals surface area contributed by atoms with Crippen molar-refractivity contribution in [2.45, 2.75) is 65.3 Å². The summed E-state index contributed by atoms with van der Waals surface area (Å²) in [7, 11) is 0. The van der Waals surface area contributed by atoms with Gasteiger partial charge in [0.1, 0.15) is 5.82 Å². The Kier molecular flexibility index (Phi) is 8.60. The highest BCUT2D eigenvalue weighted by atomic mass is 16.4. The fraction of sp³-hybridized carbons (Fsp3) is 0.647. The fourth-order valence-corrected chi connectivity index (χ4v) is 2.60. The Morgan fingerprint density at radius 1 is 1.12 bits per heavy atom. The van der Waals surface area contributed by atoms with Gasteiger partial charge in [0, 0.05) is 25.5 Å². The molecule has 1 aromatic rings. The number of amides is 1. The molecule has 1 rings (SSSR count). The van der Waals surface area contributed by atoms with E-state index in [-0.39, 0.29) is 24.5 Å². The monoisotopic (exact) mass is 367 g/mol. The number of nitrogen functional groups attached to an aromatic ring is 1. The first-order chi connectivity index (χ1) is 12.3. The minimum atomic E-state index is -1.35. The number of H-pyrrole nitrogens is 1. The molecule has 0 aliphatic carbocycles. The van der Waals surface area contributed by atoms with Crippen molar-refractivity contribution in [1.82, 2.24) is 9.55 Å². The van der Waals surface area contributed by atoms with Gasteiger partial charge >= 0.3 is 5.69 Å². The van der Waals surface area contributed by atoms with Crippen LogP contribution in [-0.2, 0) is 16.1 Å². The van der Waals surface area contributed by atoms with E-state index < -0.39 is 29.5 Å². The Hall–Kier alpha value is -2.58. The molecule has 0 aliphatic heterocycles. The molecule has 0 aliphatic rings. The normalized spacial score (nSPS) is 10.7. The van der Waals surface area contributed by atoms with E-state index in [1.165, 1.54) is 9.47 Å². The molecule has 0 spiro atoms. The van der Waals surface area contributed by atoms with E-state index in [0.717, 1.165) is 19.3 Å². The van der Waals surface area contributed by atoms with Crippen LogP contribution in [0, 0.1) is 0 Å². The number of carbonyl (C=O) groups excluding carboxylic acids is 2. The van der Waals surface area contributed by atoms with Gasteiger partial charge in [-0.2, -0.15) is 0 Å². The molecule has 9 heteroatoms. The van der Waals surface area contributed by atoms with E-state index in [0.29, 0.717) is 19.4 Å². The number of aliphatic carboxylic acids is 1. The summed E-state index contributed by atoms with van der Waals surface area (Å²) >= 11 is 0. The summed E-state index contributed by atoms with van der Waals surface area (Å²) in [4.78, 5) is 50.9. The number of aromatic amines is 1. The number of hydrogen-bond acceptors (Lipinski definition) is 6. The quantitative estimate of drug-likeness (QED) is 0.526.